The Kier molecular flexibility index (Phi) is 25.9. The van der Waals surface area contributed by atoms with Crippen LogP contribution in [0.5, 0.6) is 0 Å². The molecule has 510 valence electrons. The summed E-state index contributed by atoms with van der Waals surface area (Å²) in [5.74, 6) is -8.28. The lowest BCUT2D eigenvalue weighted by Crippen LogP contribution is -2.61. The number of nitrogens with zero attached hydrogens (tertiary/aromatic N) is 4. The Morgan fingerprint density at radius 2 is 1.63 bits per heavy atom. The topological polar surface area (TPSA) is 295 Å². The molecule has 22 heteroatoms. The summed E-state index contributed by atoms with van der Waals surface area (Å²) in [7, 11) is 2.93. The van der Waals surface area contributed by atoms with Crippen molar-refractivity contribution in [3.63, 3.8) is 0 Å². The second-order valence-corrected chi connectivity index (χ2v) is 27.6. The number of fused-ring (bicyclic) bond motifs is 4. The number of ketones is 3. The molecule has 8 rings (SSSR count). The van der Waals surface area contributed by atoms with E-state index in [0.29, 0.717) is 101 Å². The van der Waals surface area contributed by atoms with Crippen LogP contribution in [0.2, 0.25) is 5.02 Å². The number of carbonyl (C=O) groups excluding carboxylic acids is 6. The van der Waals surface area contributed by atoms with Crippen LogP contribution in [0.25, 0.3) is 11.0 Å². The highest BCUT2D eigenvalue weighted by Gasteiger charge is 2.53. The predicted octanol–water partition coefficient (Wildman–Crippen LogP) is 8.72. The number of aromatic nitrogens is 3. The normalized spacial score (nSPS) is 33.7. The number of hydrogen-bond donors (Lipinski definition) is 6. The lowest BCUT2D eigenvalue weighted by atomic mass is 9.78. The van der Waals surface area contributed by atoms with Gasteiger partial charge >= 0.3 is 5.97 Å². The van der Waals surface area contributed by atoms with Crippen molar-refractivity contribution in [1.29, 1.82) is 0 Å². The Morgan fingerprint density at radius 3 is 2.35 bits per heavy atom. The van der Waals surface area contributed by atoms with Gasteiger partial charge in [0.05, 0.1) is 41.4 Å². The number of aliphatic hydroxyl groups is 3. The Morgan fingerprint density at radius 1 is 0.892 bits per heavy atom. The number of esters is 1. The maximum absolute atomic E-state index is 14.8. The molecule has 4 aliphatic heterocycles. The first kappa shape index (κ1) is 72.8. The molecule has 7 N–H and O–H groups in total. The number of H-pyrrole nitrogens is 1. The molecule has 1 unspecified atom stereocenters. The van der Waals surface area contributed by atoms with Crippen LogP contribution in [-0.2, 0) is 52.5 Å². The standard InChI is InChI=1S/C71H100ClN7O14/c1-42-15-11-10-12-16-43(2)58(91-34-27-54(50-20-22-51(72)23-21-50)77-69(87)70(73)28-32-78(33-29-70)66-53-26-30-74-65(53)75-41-76-66)39-52-24-18-48(7)71(88,93-52)64(84)67(85)79-31-14-13-17-55(79)68(86)92-59(45(4)37-49-19-25-56(80)60(38-49)89-8)40-57(81)44(3)36-47(6)62(83)63(90-9)61(82)46(5)35-42/h10-12,15-16,20-23,26,30,36,41-42,44-46,48-49,52,54-56,58-60,62-63,80,83,88H,13-14,17-19,24-25,27-29,31-35,37-40,73H2,1-9H3,(H,77,87)(H,74,75,76)/b12-10+,15-11+,43-16-,47-36+/t42-,44-,45?,46-,48-,49-,52+,54+,55+,56-,58-,59+,60-,62-,63+,71-/m1/s1. The van der Waals surface area contributed by atoms with Gasteiger partial charge in [0, 0.05) is 82.3 Å². The molecule has 0 radical (unpaired) electrons. The van der Waals surface area contributed by atoms with Crippen LogP contribution >= 0.6 is 11.6 Å². The number of piperidine rings is 2. The molecule has 2 aromatic heterocycles. The van der Waals surface area contributed by atoms with E-state index in [1.54, 1.807) is 53.0 Å². The number of methoxy groups -OCH3 is 2. The summed E-state index contributed by atoms with van der Waals surface area (Å²) in [6.45, 7) is 13.7. The average Bonchev–Trinajstić information content (AvgIpc) is 1.49. The fraction of sp³-hybridized carbons (Fsp3) is 0.634. The number of allylic oxidation sites excluding steroid dienone is 6. The third kappa shape index (κ3) is 18.3. The monoisotopic (exact) mass is 1310 g/mol. The largest absolute Gasteiger partial charge is 0.460 e. The predicted molar refractivity (Wildman–Crippen MR) is 353 cm³/mol. The van der Waals surface area contributed by atoms with Crippen LogP contribution in [0.4, 0.5) is 5.82 Å². The van der Waals surface area contributed by atoms with E-state index in [9.17, 15) is 44.1 Å². The van der Waals surface area contributed by atoms with Gasteiger partial charge in [-0.1, -0.05) is 94.8 Å². The summed E-state index contributed by atoms with van der Waals surface area (Å²) in [5, 5.41) is 39.4. The smallest absolute Gasteiger partial charge is 0.329 e. The van der Waals surface area contributed by atoms with Crippen LogP contribution < -0.4 is 16.0 Å². The lowest BCUT2D eigenvalue weighted by Gasteiger charge is -2.43. The Bertz CT molecular complexity index is 3180. The van der Waals surface area contributed by atoms with Gasteiger partial charge in [-0.25, -0.2) is 14.8 Å². The van der Waals surface area contributed by atoms with Crippen molar-refractivity contribution in [1.82, 2.24) is 25.2 Å². The van der Waals surface area contributed by atoms with Gasteiger partial charge in [0.1, 0.15) is 47.9 Å². The van der Waals surface area contributed by atoms with E-state index >= 15 is 0 Å². The fourth-order valence-corrected chi connectivity index (χ4v) is 14.3. The highest BCUT2D eigenvalue weighted by molar-refractivity contribution is 6.39. The molecule has 93 heavy (non-hydrogen) atoms. The van der Waals surface area contributed by atoms with Crippen LogP contribution in [0.3, 0.4) is 0 Å². The number of aliphatic hydroxyl groups excluding tert-OH is 2. The number of nitrogens with one attached hydrogen (secondary N) is 2. The molecule has 2 amide bonds. The van der Waals surface area contributed by atoms with E-state index in [4.69, 9.17) is 41.0 Å². The van der Waals surface area contributed by atoms with Gasteiger partial charge in [-0.05, 0) is 150 Å². The van der Waals surface area contributed by atoms with Gasteiger partial charge < -0.3 is 64.8 Å². The summed E-state index contributed by atoms with van der Waals surface area (Å²) >= 11 is 6.38. The van der Waals surface area contributed by atoms with Crippen LogP contribution in [0, 0.1) is 35.5 Å². The highest BCUT2D eigenvalue weighted by Crippen LogP contribution is 2.39. The van der Waals surface area contributed by atoms with E-state index in [0.717, 1.165) is 28.0 Å². The minimum Gasteiger partial charge on any atom is -0.460 e. The maximum atomic E-state index is 14.8. The molecule has 3 aromatic rings. The summed E-state index contributed by atoms with van der Waals surface area (Å²) in [6.07, 6.45) is 14.0. The number of aromatic amines is 1. The van der Waals surface area contributed by atoms with Crippen molar-refractivity contribution in [2.45, 2.75) is 211 Å². The minimum absolute atomic E-state index is 0.0266. The van der Waals surface area contributed by atoms with Crippen LogP contribution in [0.1, 0.15) is 156 Å². The first-order chi connectivity index (χ1) is 44.3. The number of benzene rings is 1. The second-order valence-electron chi connectivity index (χ2n) is 27.2. The molecular weight excluding hydrogens is 1210 g/mol. The molecule has 3 saturated heterocycles. The number of ether oxygens (including phenoxy) is 5. The maximum Gasteiger partial charge on any atom is 0.329 e. The molecule has 5 aliphatic rings. The van der Waals surface area contributed by atoms with E-state index in [-0.39, 0.29) is 73.7 Å². The number of rotatable bonds is 13. The van der Waals surface area contributed by atoms with Gasteiger partial charge in [-0.2, -0.15) is 0 Å². The number of hydrogen-bond acceptors (Lipinski definition) is 18. The number of nitrogens with two attached hydrogens (primary N) is 1. The van der Waals surface area contributed by atoms with Crippen molar-refractivity contribution < 1.29 is 67.8 Å². The zero-order valence-corrected chi connectivity index (χ0v) is 56.4. The second kappa shape index (κ2) is 33.1. The highest BCUT2D eigenvalue weighted by atomic mass is 35.5. The van der Waals surface area contributed by atoms with Gasteiger partial charge in [0.25, 0.3) is 11.7 Å². The van der Waals surface area contributed by atoms with Gasteiger partial charge in [-0.3, -0.25) is 24.0 Å². The molecule has 4 fully saturated rings. The molecular formula is C71H100ClN7O14. The van der Waals surface area contributed by atoms with E-state index < -0.39 is 95.4 Å². The van der Waals surface area contributed by atoms with E-state index in [1.807, 2.05) is 75.5 Å². The molecule has 1 aliphatic carbocycles. The molecule has 6 heterocycles. The minimum atomic E-state index is -2.57. The third-order valence-electron chi connectivity index (χ3n) is 20.2. The lowest BCUT2D eigenvalue weighted by molar-refractivity contribution is -0.266. The van der Waals surface area contributed by atoms with E-state index in [2.05, 4.69) is 25.2 Å². The zero-order chi connectivity index (χ0) is 67.3. The Balaban J connectivity index is 1.05. The van der Waals surface area contributed by atoms with Crippen molar-refractivity contribution in [3.05, 3.63) is 101 Å². The molecule has 1 saturated carbocycles. The molecule has 0 spiro atoms. The Hall–Kier alpha value is -6.01. The summed E-state index contributed by atoms with van der Waals surface area (Å²) in [4.78, 5) is 102. The third-order valence-corrected chi connectivity index (χ3v) is 20.5. The van der Waals surface area contributed by atoms with Gasteiger partial charge in [0.2, 0.25) is 11.7 Å². The van der Waals surface area contributed by atoms with E-state index in [1.165, 1.54) is 18.3 Å². The quantitative estimate of drug-likeness (QED) is 0.0529. The van der Waals surface area contributed by atoms with Crippen molar-refractivity contribution >= 4 is 63.6 Å². The SMILES string of the molecule is CO[C@@H]1C[C@@H](CC(C)[C@@H]2CC(=O)[C@H](C)/C=C(\C)[C@@H](O)[C@@H](OC)C(=O)[C@H](C)C[C@H](C)/C=C/C=C/C=C(/C)[C@H](OCC[C@H](NC(=O)C3(N)CCN(c4ncnc5[nH]ccc45)CC3)c3ccc(Cl)cc3)C[C@@H]3CC[C@@H](C)[C@@](O)(O3)C(=O)C(=O)N3CCCC[C@H]3C(=O)O2)CC[C@H]1O. The van der Waals surface area contributed by atoms with Crippen LogP contribution in [-0.4, -0.2) is 171 Å². The van der Waals surface area contributed by atoms with Crippen LogP contribution in [0.15, 0.2) is 90.5 Å². The van der Waals surface area contributed by atoms with Crippen molar-refractivity contribution in [2.24, 2.45) is 41.2 Å². The van der Waals surface area contributed by atoms with Gasteiger partial charge in [0.15, 0.2) is 5.78 Å². The first-order valence-corrected chi connectivity index (χ1v) is 33.9. The Labute approximate surface area is 552 Å². The molecule has 21 nitrogen and oxygen atoms in total. The zero-order valence-electron chi connectivity index (χ0n) is 55.7. The molecule has 16 atom stereocenters. The number of carbonyl (C=O) groups is 6. The molecule has 2 bridgehead atoms. The summed E-state index contributed by atoms with van der Waals surface area (Å²) in [6, 6.07) is 7.38. The summed E-state index contributed by atoms with van der Waals surface area (Å²) < 4.78 is 30.9. The summed E-state index contributed by atoms with van der Waals surface area (Å²) in [5.41, 5.74) is 8.42. The number of cyclic esters (lactones) is 1. The fourth-order valence-electron chi connectivity index (χ4n) is 14.1. The number of halogens is 1. The number of Topliss-reactive ketones (excluding diaryl/α,β-unsaturated/α-hetero) is 3. The molecule has 1 aromatic carbocycles. The van der Waals surface area contributed by atoms with Gasteiger partial charge in [-0.15, -0.1) is 0 Å². The average molecular weight is 1310 g/mol. The van der Waals surface area contributed by atoms with Crippen molar-refractivity contribution in [3.8, 4) is 0 Å². The van der Waals surface area contributed by atoms with Crippen molar-refractivity contribution in [2.75, 3.05) is 45.4 Å². The first-order valence-electron chi connectivity index (χ1n) is 33.5. The number of anilines is 1. The number of amides is 2.